The predicted molar refractivity (Wildman–Crippen MR) is 292 cm³/mol. The molecule has 0 bridgehead atoms. The van der Waals surface area contributed by atoms with Gasteiger partial charge in [-0.3, -0.25) is 0 Å². The van der Waals surface area contributed by atoms with E-state index in [4.69, 9.17) is 31.4 Å². The van der Waals surface area contributed by atoms with Crippen LogP contribution in [0.2, 0.25) is 0 Å². The van der Waals surface area contributed by atoms with Gasteiger partial charge >= 0.3 is 0 Å². The first-order valence-electron chi connectivity index (χ1n) is 33.0. The summed E-state index contributed by atoms with van der Waals surface area (Å²) in [5.41, 5.74) is -3.78. The lowest BCUT2D eigenvalue weighted by molar-refractivity contribution is 1.06. The highest BCUT2D eigenvalue weighted by atomic mass is 32.1. The van der Waals surface area contributed by atoms with Crippen molar-refractivity contribution in [3.63, 3.8) is 0 Å². The summed E-state index contributed by atoms with van der Waals surface area (Å²) < 4.78 is 212. The van der Waals surface area contributed by atoms with E-state index in [9.17, 15) is 15.1 Å². The van der Waals surface area contributed by atoms with Gasteiger partial charge in [0.25, 0.3) is 0 Å². The normalized spacial score (nSPS) is 16.4. The maximum Gasteiger partial charge on any atom is 0.179 e. The molecule has 13 rings (SSSR count). The molecule has 0 radical (unpaired) electrons. The van der Waals surface area contributed by atoms with Crippen molar-refractivity contribution >= 4 is 82.1 Å². The quantitative estimate of drug-likeness (QED) is 0.107. The summed E-state index contributed by atoms with van der Waals surface area (Å²) >= 11 is 0.696. The van der Waals surface area contributed by atoms with Crippen LogP contribution in [0.15, 0.2) is 254 Å². The van der Waals surface area contributed by atoms with E-state index in [0.29, 0.717) is 11.3 Å². The fraction of sp³-hybridized carbons (Fsp3) is 0. The van der Waals surface area contributed by atoms with Gasteiger partial charge in [0.15, 0.2) is 25.5 Å². The fourth-order valence-electron chi connectivity index (χ4n) is 9.11. The van der Waals surface area contributed by atoms with E-state index in [-0.39, 0.29) is 31.6 Å². The van der Waals surface area contributed by atoms with Crippen LogP contribution in [0.4, 0.5) is 0 Å². The first-order chi connectivity index (χ1) is 43.8. The van der Waals surface area contributed by atoms with E-state index in [1.54, 1.807) is 12.1 Å². The average Bonchev–Trinajstić information content (AvgIpc) is 1.51. The first kappa shape index (κ1) is 23.4. The third kappa shape index (κ3) is 6.75. The molecule has 0 N–H and O–H groups in total. The van der Waals surface area contributed by atoms with Gasteiger partial charge in [0.2, 0.25) is 0 Å². The van der Waals surface area contributed by atoms with E-state index in [1.807, 2.05) is 66.7 Å². The largest absolute Gasteiger partial charge is 0.309 e. The molecule has 10 aromatic carbocycles. The van der Waals surface area contributed by atoms with Gasteiger partial charge in [-0.25, -0.2) is 15.0 Å². The first-order valence-corrected chi connectivity index (χ1v) is 24.3. The lowest BCUT2D eigenvalue weighted by Crippen LogP contribution is -2.74. The van der Waals surface area contributed by atoms with Crippen molar-refractivity contribution < 1.29 is 31.5 Å². The zero-order valence-electron chi connectivity index (χ0n) is 58.7. The minimum atomic E-state index is -3.25. The van der Waals surface area contributed by atoms with Crippen LogP contribution >= 0.6 is 11.3 Å². The fourth-order valence-corrected chi connectivity index (χ4v) is 14.9. The van der Waals surface area contributed by atoms with Crippen molar-refractivity contribution in [3.8, 4) is 51.0 Å². The minimum absolute atomic E-state index is 0.0919. The summed E-state index contributed by atoms with van der Waals surface area (Å²) in [6.07, 6.45) is 0. The number of rotatable bonds is 9. The Morgan fingerprint density at radius 2 is 0.812 bits per heavy atom. The van der Waals surface area contributed by atoms with Crippen LogP contribution in [0, 0.1) is 0 Å². The Kier molecular flexibility index (Phi) is 5.76. The second-order valence-electron chi connectivity index (χ2n) is 15.7. The van der Waals surface area contributed by atoms with Crippen molar-refractivity contribution in [2.45, 2.75) is 0 Å². The van der Waals surface area contributed by atoms with Gasteiger partial charge in [0.05, 0.1) is 48.2 Å². The molecule has 0 fully saturated rings. The molecule has 0 atom stereocenters. The van der Waals surface area contributed by atoms with Crippen molar-refractivity contribution in [2.24, 2.45) is 0 Å². The molecule has 3 heterocycles. The number of aromatic nitrogens is 4. The van der Waals surface area contributed by atoms with Crippen LogP contribution < -0.4 is 20.7 Å². The Bertz CT molecular complexity index is 5210. The predicted octanol–water partition coefficient (Wildman–Crippen LogP) is 13.4. The van der Waals surface area contributed by atoms with Crippen LogP contribution in [-0.4, -0.2) is 27.6 Å². The Morgan fingerprint density at radius 3 is 1.43 bits per heavy atom. The third-order valence-electron chi connectivity index (χ3n) is 12.1. The monoisotopic (exact) mass is 937 g/mol. The molecule has 0 aliphatic carbocycles. The average molecular weight is 938 g/mol. The van der Waals surface area contributed by atoms with Gasteiger partial charge in [-0.2, -0.15) is 0 Å². The van der Waals surface area contributed by atoms with E-state index < -0.39 is 208 Å². The van der Waals surface area contributed by atoms with Crippen LogP contribution in [-0.2, 0) is 0 Å². The SMILES string of the molecule is [2H]c1c([2H])c([2H])c(-c2c([2H])c([2H])c([2H])c3c2sc2c([2H])c([2H])c([2H])c([2H])c23)c(-c2nc(-c3ccc([Si](c4ccccc4)(c4ccccc4)c4ccccc4)cc3)nc(-c3c([2H])c([2H])c([2H])c([2H])c3-n3c4c([2H])c([2H])c([2H])c([2H])c4c4c([2H])c([2H])c([2H])c([2H])c43)n2)c1[2H]. The van der Waals surface area contributed by atoms with Gasteiger partial charge in [0.1, 0.15) is 0 Å². The lowest BCUT2D eigenvalue weighted by atomic mass is 9.97. The standard InChI is InChI=1S/C63H42N4SSi/c1-4-21-44(22-5-1)69(45-23-6-2-7-24-45,46-25-8-3-9-26-46)47-41-39-43(40-42-47)61-64-62(54-31-11-10-27-48(54)52-33-20-34-53-51-30-15-19-38-59(51)68-60(52)53)66-63(65-61)55-32-14-18-37-58(55)67-56-35-16-12-28-49(56)50-29-13-17-36-57(50)67/h1-42H/i10D,11D,12D,13D,14D,15D,16D,17D,18D,19D,20D,27D,28D,29D,30D,31D,32D,33D,34D,35D,36D,37D,38D. The number of thiophene rings is 1. The summed E-state index contributed by atoms with van der Waals surface area (Å²) in [5.74, 6) is -1.64. The van der Waals surface area contributed by atoms with E-state index in [1.165, 1.54) is 0 Å². The molecule has 0 saturated heterocycles. The maximum absolute atomic E-state index is 9.82. The van der Waals surface area contributed by atoms with Crippen molar-refractivity contribution in [3.05, 3.63) is 254 Å². The van der Waals surface area contributed by atoms with E-state index >= 15 is 0 Å². The summed E-state index contributed by atoms with van der Waals surface area (Å²) in [6.45, 7) is 0. The van der Waals surface area contributed by atoms with E-state index in [2.05, 4.69) is 36.4 Å². The number of fused-ring (bicyclic) bond motifs is 6. The number of para-hydroxylation sites is 3. The molecule has 0 amide bonds. The van der Waals surface area contributed by atoms with Gasteiger partial charge in [-0.05, 0) is 56.5 Å². The highest BCUT2D eigenvalue weighted by molar-refractivity contribution is 7.26. The molecular formula is C63H42N4SSi. The topological polar surface area (TPSA) is 43.6 Å². The molecule has 6 heteroatoms. The molecule has 13 aromatic rings. The Balaban J connectivity index is 1.20. The number of benzene rings is 10. The zero-order valence-corrected chi connectivity index (χ0v) is 37.5. The Hall–Kier alpha value is -8.55. The molecule has 69 heavy (non-hydrogen) atoms. The molecule has 0 spiro atoms. The molecule has 0 aliphatic heterocycles. The summed E-state index contributed by atoms with van der Waals surface area (Å²) in [5, 5.41) is 2.63. The zero-order chi connectivity index (χ0) is 65.7. The molecule has 0 aliphatic rings. The molecular weight excluding hydrogens is 873 g/mol. The highest BCUT2D eigenvalue weighted by Crippen LogP contribution is 2.43. The summed E-state index contributed by atoms with van der Waals surface area (Å²) in [7, 11) is -3.25. The van der Waals surface area contributed by atoms with Crippen molar-refractivity contribution in [2.75, 3.05) is 0 Å². The Labute approximate surface area is 437 Å². The number of hydrogen-bond acceptors (Lipinski definition) is 4. The van der Waals surface area contributed by atoms with Gasteiger partial charge in [-0.15, -0.1) is 11.3 Å². The van der Waals surface area contributed by atoms with Crippen LogP contribution in [0.3, 0.4) is 0 Å². The third-order valence-corrected chi connectivity index (χ3v) is 18.0. The molecule has 3 aromatic heterocycles. The molecule has 0 unspecified atom stereocenters. The van der Waals surface area contributed by atoms with Crippen molar-refractivity contribution in [1.82, 2.24) is 19.5 Å². The number of hydrogen-bond donors (Lipinski definition) is 0. The van der Waals surface area contributed by atoms with E-state index in [0.717, 1.165) is 25.3 Å². The maximum atomic E-state index is 9.82. The van der Waals surface area contributed by atoms with Crippen molar-refractivity contribution in [1.29, 1.82) is 0 Å². The Morgan fingerprint density at radius 1 is 0.362 bits per heavy atom. The van der Waals surface area contributed by atoms with Crippen LogP contribution in [0.1, 0.15) is 31.5 Å². The van der Waals surface area contributed by atoms with Gasteiger partial charge < -0.3 is 4.57 Å². The van der Waals surface area contributed by atoms with Crippen LogP contribution in [0.25, 0.3) is 93.0 Å². The smallest absolute Gasteiger partial charge is 0.179 e. The molecule has 324 valence electrons. The summed E-state index contributed by atoms with van der Waals surface area (Å²) in [6, 6.07) is 19.0. The number of nitrogens with zero attached hydrogens (tertiary/aromatic N) is 4. The van der Waals surface area contributed by atoms with Crippen LogP contribution in [0.5, 0.6) is 0 Å². The molecule has 4 nitrogen and oxygen atoms in total. The van der Waals surface area contributed by atoms with Gasteiger partial charge in [0, 0.05) is 53.2 Å². The minimum Gasteiger partial charge on any atom is -0.309 e. The molecule has 0 saturated carbocycles. The second-order valence-corrected chi connectivity index (χ2v) is 20.6. The lowest BCUT2D eigenvalue weighted by Gasteiger charge is -2.34. The summed E-state index contributed by atoms with van der Waals surface area (Å²) in [4.78, 5) is 14.7. The van der Waals surface area contributed by atoms with Gasteiger partial charge in [-0.1, -0.05) is 224 Å². The highest BCUT2D eigenvalue weighted by Gasteiger charge is 2.41. The second kappa shape index (κ2) is 17.0.